The van der Waals surface area contributed by atoms with Gasteiger partial charge in [-0.3, -0.25) is 9.89 Å². The van der Waals surface area contributed by atoms with Crippen LogP contribution in [-0.2, 0) is 6.54 Å². The lowest BCUT2D eigenvalue weighted by Gasteiger charge is -2.19. The molecule has 7 nitrogen and oxygen atoms in total. The smallest absolute Gasteiger partial charge is 0.254 e. The number of ether oxygens (including phenoxy) is 2. The molecule has 1 aromatic heterocycles. The molecular weight excluding hydrogens is 404 g/mol. The van der Waals surface area contributed by atoms with E-state index in [9.17, 15) is 4.79 Å². The van der Waals surface area contributed by atoms with Crippen LogP contribution in [0.3, 0.4) is 0 Å². The van der Waals surface area contributed by atoms with Gasteiger partial charge in [-0.05, 0) is 60.7 Å². The van der Waals surface area contributed by atoms with Crippen molar-refractivity contribution in [3.63, 3.8) is 0 Å². The first kappa shape index (κ1) is 20.4. The fourth-order valence-electron chi connectivity index (χ4n) is 3.85. The van der Waals surface area contributed by atoms with Gasteiger partial charge in [-0.25, -0.2) is 0 Å². The van der Waals surface area contributed by atoms with E-state index in [1.54, 1.807) is 6.20 Å². The van der Waals surface area contributed by atoms with E-state index < -0.39 is 0 Å². The molecule has 0 bridgehead atoms. The first-order chi connectivity index (χ1) is 15.7. The molecule has 1 amide bonds. The molecule has 3 aromatic rings. The highest BCUT2D eigenvalue weighted by molar-refractivity contribution is 5.93. The molecule has 5 rings (SSSR count). The van der Waals surface area contributed by atoms with Crippen molar-refractivity contribution in [2.45, 2.75) is 31.9 Å². The lowest BCUT2D eigenvalue weighted by Crippen LogP contribution is -2.24. The van der Waals surface area contributed by atoms with Crippen LogP contribution in [0, 0.1) is 5.92 Å². The Morgan fingerprint density at radius 2 is 1.84 bits per heavy atom. The minimum Gasteiger partial charge on any atom is -0.493 e. The van der Waals surface area contributed by atoms with Crippen molar-refractivity contribution in [2.24, 2.45) is 5.92 Å². The molecule has 1 saturated carbocycles. The van der Waals surface area contributed by atoms with E-state index in [2.05, 4.69) is 44.7 Å². The molecule has 1 aliphatic heterocycles. The number of anilines is 1. The Kier molecular flexibility index (Phi) is 5.96. The molecule has 2 aliphatic rings. The first-order valence-electron chi connectivity index (χ1n) is 11.2. The summed E-state index contributed by atoms with van der Waals surface area (Å²) in [6.07, 6.45) is 6.84. The van der Waals surface area contributed by atoms with Gasteiger partial charge in [0, 0.05) is 31.4 Å². The SMILES string of the molecule is O=C(NCc1ccc(O[C@@H]2CCN(c3ccc(OCC4CC4)cc3)C2)cc1)c1cn[nH]c1. The number of carbonyl (C=O) groups is 1. The Hall–Kier alpha value is -3.48. The van der Waals surface area contributed by atoms with Gasteiger partial charge in [0.05, 0.1) is 24.9 Å². The molecule has 166 valence electrons. The summed E-state index contributed by atoms with van der Waals surface area (Å²) in [5.74, 6) is 2.42. The van der Waals surface area contributed by atoms with Crippen LogP contribution >= 0.6 is 0 Å². The van der Waals surface area contributed by atoms with Gasteiger partial charge < -0.3 is 19.7 Å². The highest BCUT2D eigenvalue weighted by Crippen LogP contribution is 2.30. The number of aromatic nitrogens is 2. The monoisotopic (exact) mass is 432 g/mol. The van der Waals surface area contributed by atoms with Gasteiger partial charge in [0.2, 0.25) is 0 Å². The zero-order chi connectivity index (χ0) is 21.8. The van der Waals surface area contributed by atoms with Crippen LogP contribution in [0.1, 0.15) is 35.2 Å². The van der Waals surface area contributed by atoms with E-state index in [1.165, 1.54) is 24.7 Å². The van der Waals surface area contributed by atoms with Gasteiger partial charge in [0.25, 0.3) is 5.91 Å². The number of nitrogens with zero attached hydrogens (tertiary/aromatic N) is 2. The topological polar surface area (TPSA) is 79.5 Å². The quantitative estimate of drug-likeness (QED) is 0.538. The van der Waals surface area contributed by atoms with Gasteiger partial charge >= 0.3 is 0 Å². The second-order valence-electron chi connectivity index (χ2n) is 8.54. The van der Waals surface area contributed by atoms with E-state index in [4.69, 9.17) is 9.47 Å². The standard InChI is InChI=1S/C25H28N4O3/c30-25(20-14-27-28-15-20)26-13-18-3-7-23(8-4-18)32-24-11-12-29(16-24)21-5-9-22(10-6-21)31-17-19-1-2-19/h3-10,14-15,19,24H,1-2,11-13,16-17H2,(H,26,30)(H,27,28)/t24-/m1/s1. The predicted molar refractivity (Wildman–Crippen MR) is 122 cm³/mol. The Morgan fingerprint density at radius 1 is 1.06 bits per heavy atom. The number of hydrogen-bond donors (Lipinski definition) is 2. The molecule has 2 fully saturated rings. The maximum atomic E-state index is 12.0. The Bertz CT molecular complexity index is 1010. The maximum absolute atomic E-state index is 12.0. The molecule has 0 radical (unpaired) electrons. The molecule has 1 saturated heterocycles. The van der Waals surface area contributed by atoms with Gasteiger partial charge in [-0.15, -0.1) is 0 Å². The van der Waals surface area contributed by atoms with Crippen LogP contribution in [0.5, 0.6) is 11.5 Å². The molecule has 0 spiro atoms. The number of rotatable bonds is 9. The number of H-pyrrole nitrogens is 1. The lowest BCUT2D eigenvalue weighted by atomic mass is 10.2. The van der Waals surface area contributed by atoms with Crippen molar-refractivity contribution in [2.75, 3.05) is 24.6 Å². The van der Waals surface area contributed by atoms with Crippen LogP contribution in [0.2, 0.25) is 0 Å². The van der Waals surface area contributed by atoms with Crippen molar-refractivity contribution < 1.29 is 14.3 Å². The Balaban J connectivity index is 1.08. The summed E-state index contributed by atoms with van der Waals surface area (Å²) in [4.78, 5) is 14.4. The fraction of sp³-hybridized carbons (Fsp3) is 0.360. The lowest BCUT2D eigenvalue weighted by molar-refractivity contribution is 0.0951. The van der Waals surface area contributed by atoms with E-state index in [1.807, 2.05) is 24.3 Å². The second kappa shape index (κ2) is 9.34. The van der Waals surface area contributed by atoms with E-state index in [-0.39, 0.29) is 12.0 Å². The molecule has 7 heteroatoms. The highest BCUT2D eigenvalue weighted by atomic mass is 16.5. The average Bonchev–Trinajstić information content (AvgIpc) is 3.28. The van der Waals surface area contributed by atoms with E-state index >= 15 is 0 Å². The van der Waals surface area contributed by atoms with Crippen molar-refractivity contribution >= 4 is 11.6 Å². The number of hydrogen-bond acceptors (Lipinski definition) is 5. The molecule has 2 N–H and O–H groups in total. The summed E-state index contributed by atoms with van der Waals surface area (Å²) >= 11 is 0. The van der Waals surface area contributed by atoms with Crippen LogP contribution < -0.4 is 19.7 Å². The van der Waals surface area contributed by atoms with Crippen molar-refractivity contribution in [1.29, 1.82) is 0 Å². The summed E-state index contributed by atoms with van der Waals surface area (Å²) in [6.45, 7) is 3.15. The van der Waals surface area contributed by atoms with Crippen LogP contribution in [0.15, 0.2) is 60.9 Å². The summed E-state index contributed by atoms with van der Waals surface area (Å²) in [5, 5.41) is 9.31. The minimum atomic E-state index is -0.146. The third-order valence-corrected chi connectivity index (χ3v) is 5.97. The fourth-order valence-corrected chi connectivity index (χ4v) is 3.85. The number of benzene rings is 2. The third kappa shape index (κ3) is 5.22. The summed E-state index contributed by atoms with van der Waals surface area (Å²) in [7, 11) is 0. The van der Waals surface area contributed by atoms with Gasteiger partial charge in [-0.1, -0.05) is 12.1 Å². The zero-order valence-electron chi connectivity index (χ0n) is 18.0. The third-order valence-electron chi connectivity index (χ3n) is 5.97. The maximum Gasteiger partial charge on any atom is 0.254 e. The van der Waals surface area contributed by atoms with Gasteiger partial charge in [0.15, 0.2) is 0 Å². The molecule has 1 aliphatic carbocycles. The van der Waals surface area contributed by atoms with Crippen LogP contribution in [-0.4, -0.2) is 41.9 Å². The number of nitrogens with one attached hydrogen (secondary N) is 2. The van der Waals surface area contributed by atoms with Gasteiger partial charge in [-0.2, -0.15) is 5.10 Å². The van der Waals surface area contributed by atoms with E-state index in [0.717, 1.165) is 49.1 Å². The molecule has 2 aromatic carbocycles. The zero-order valence-corrected chi connectivity index (χ0v) is 18.0. The molecule has 32 heavy (non-hydrogen) atoms. The van der Waals surface area contributed by atoms with Crippen molar-refractivity contribution in [3.05, 3.63) is 72.1 Å². The summed E-state index contributed by atoms with van der Waals surface area (Å²) < 4.78 is 12.0. The van der Waals surface area contributed by atoms with E-state index in [0.29, 0.717) is 12.1 Å². The average molecular weight is 433 g/mol. The second-order valence-corrected chi connectivity index (χ2v) is 8.54. The summed E-state index contributed by atoms with van der Waals surface area (Å²) in [5.41, 5.74) is 2.75. The predicted octanol–water partition coefficient (Wildman–Crippen LogP) is 3.79. The van der Waals surface area contributed by atoms with Crippen LogP contribution in [0.25, 0.3) is 0 Å². The first-order valence-corrected chi connectivity index (χ1v) is 11.2. The molecule has 1 atom stereocenters. The highest BCUT2D eigenvalue weighted by Gasteiger charge is 2.25. The number of aromatic amines is 1. The van der Waals surface area contributed by atoms with Crippen LogP contribution in [0.4, 0.5) is 5.69 Å². The number of carbonyl (C=O) groups excluding carboxylic acids is 1. The molecule has 0 unspecified atom stereocenters. The largest absolute Gasteiger partial charge is 0.493 e. The Labute approximate surface area is 187 Å². The Morgan fingerprint density at radius 3 is 2.56 bits per heavy atom. The molecule has 2 heterocycles. The normalized spacial score (nSPS) is 17.9. The summed E-state index contributed by atoms with van der Waals surface area (Å²) in [6, 6.07) is 16.3. The van der Waals surface area contributed by atoms with Gasteiger partial charge in [0.1, 0.15) is 17.6 Å². The number of amides is 1. The minimum absolute atomic E-state index is 0.146. The van der Waals surface area contributed by atoms with Crippen molar-refractivity contribution in [1.82, 2.24) is 15.5 Å². The molecular formula is C25H28N4O3. The van der Waals surface area contributed by atoms with Crippen molar-refractivity contribution in [3.8, 4) is 11.5 Å².